The molecule has 0 amide bonds. The van der Waals surface area contributed by atoms with E-state index in [4.69, 9.17) is 0 Å². The molecule has 1 atom stereocenters. The lowest BCUT2D eigenvalue weighted by Crippen LogP contribution is -2.45. The maximum absolute atomic E-state index is 9.28. The third-order valence-electron chi connectivity index (χ3n) is 4.13. The molecular formula is C14H25N3. The molecule has 3 heteroatoms. The van der Waals surface area contributed by atoms with Gasteiger partial charge in [0.05, 0.1) is 6.07 Å². The molecule has 0 radical (unpaired) electrons. The number of hydrogen-bond donors (Lipinski definition) is 1. The largest absolute Gasteiger partial charge is 0.306 e. The quantitative estimate of drug-likeness (QED) is 0.735. The van der Waals surface area contributed by atoms with E-state index in [1.165, 1.54) is 38.6 Å². The summed E-state index contributed by atoms with van der Waals surface area (Å²) in [7, 11) is 2.19. The average Bonchev–Trinajstić information content (AvgIpc) is 3.04. The standard InChI is InChI=1S/C14H25N3/c1-14(11-15,16-13-6-7-13)8-9-17(2)10-12-4-3-5-12/h12-13,16H,3-10H2,1-2H3. The summed E-state index contributed by atoms with van der Waals surface area (Å²) < 4.78 is 0. The zero-order valence-electron chi connectivity index (χ0n) is 11.2. The van der Waals surface area contributed by atoms with Gasteiger partial charge < -0.3 is 4.90 Å². The van der Waals surface area contributed by atoms with Crippen LogP contribution in [0.1, 0.15) is 45.4 Å². The van der Waals surface area contributed by atoms with Crippen molar-refractivity contribution in [3.8, 4) is 6.07 Å². The predicted octanol–water partition coefficient (Wildman–Crippen LogP) is 2.14. The molecule has 0 aromatic rings. The smallest absolute Gasteiger partial charge is 0.105 e. The first-order valence-electron chi connectivity index (χ1n) is 6.99. The summed E-state index contributed by atoms with van der Waals surface area (Å²) in [5, 5.41) is 12.7. The molecule has 2 rings (SSSR count). The maximum Gasteiger partial charge on any atom is 0.105 e. The highest BCUT2D eigenvalue weighted by atomic mass is 15.1. The van der Waals surface area contributed by atoms with Gasteiger partial charge in [0.25, 0.3) is 0 Å². The van der Waals surface area contributed by atoms with Crippen molar-refractivity contribution in [2.45, 2.75) is 57.0 Å². The first-order chi connectivity index (χ1) is 8.11. The van der Waals surface area contributed by atoms with Crippen LogP contribution in [0.15, 0.2) is 0 Å². The van der Waals surface area contributed by atoms with Gasteiger partial charge in [-0.05, 0) is 52.0 Å². The molecule has 2 aliphatic carbocycles. The third kappa shape index (κ3) is 3.97. The molecule has 1 unspecified atom stereocenters. The molecular weight excluding hydrogens is 210 g/mol. The van der Waals surface area contributed by atoms with Crippen molar-refractivity contribution in [3.05, 3.63) is 0 Å². The van der Waals surface area contributed by atoms with Gasteiger partial charge in [-0.2, -0.15) is 5.26 Å². The van der Waals surface area contributed by atoms with E-state index in [1.807, 2.05) is 6.92 Å². The van der Waals surface area contributed by atoms with Gasteiger partial charge in [0.15, 0.2) is 0 Å². The second-order valence-corrected chi connectivity index (χ2v) is 6.17. The summed E-state index contributed by atoms with van der Waals surface area (Å²) in [5.74, 6) is 0.921. The van der Waals surface area contributed by atoms with Gasteiger partial charge in [-0.15, -0.1) is 0 Å². The molecule has 0 spiro atoms. The highest BCUT2D eigenvalue weighted by Crippen LogP contribution is 2.27. The van der Waals surface area contributed by atoms with Crippen LogP contribution in [-0.2, 0) is 0 Å². The number of nitrogens with zero attached hydrogens (tertiary/aromatic N) is 2. The lowest BCUT2D eigenvalue weighted by Gasteiger charge is -2.32. The van der Waals surface area contributed by atoms with E-state index in [9.17, 15) is 5.26 Å². The zero-order chi connectivity index (χ0) is 12.3. The van der Waals surface area contributed by atoms with Gasteiger partial charge in [-0.3, -0.25) is 5.32 Å². The highest BCUT2D eigenvalue weighted by Gasteiger charge is 2.32. The van der Waals surface area contributed by atoms with Gasteiger partial charge in [0.1, 0.15) is 5.54 Å². The van der Waals surface area contributed by atoms with Gasteiger partial charge in [-0.25, -0.2) is 0 Å². The van der Waals surface area contributed by atoms with E-state index >= 15 is 0 Å². The van der Waals surface area contributed by atoms with E-state index in [2.05, 4.69) is 23.3 Å². The summed E-state index contributed by atoms with van der Waals surface area (Å²) in [6, 6.07) is 3.06. The Morgan fingerprint density at radius 1 is 1.35 bits per heavy atom. The molecule has 0 aromatic heterocycles. The SMILES string of the molecule is CN(CCC(C)(C#N)NC1CC1)CC1CCC1. The van der Waals surface area contributed by atoms with Gasteiger partial charge in [0, 0.05) is 19.1 Å². The van der Waals surface area contributed by atoms with Crippen molar-refractivity contribution in [1.82, 2.24) is 10.2 Å². The van der Waals surface area contributed by atoms with Crippen molar-refractivity contribution in [2.24, 2.45) is 5.92 Å². The third-order valence-corrected chi connectivity index (χ3v) is 4.13. The highest BCUT2D eigenvalue weighted by molar-refractivity contribution is 5.07. The van der Waals surface area contributed by atoms with Crippen molar-refractivity contribution in [3.63, 3.8) is 0 Å². The first kappa shape index (κ1) is 12.9. The maximum atomic E-state index is 9.28. The molecule has 3 nitrogen and oxygen atoms in total. The van der Waals surface area contributed by atoms with E-state index < -0.39 is 0 Å². The molecule has 0 heterocycles. The number of hydrogen-bond acceptors (Lipinski definition) is 3. The van der Waals surface area contributed by atoms with Crippen molar-refractivity contribution >= 4 is 0 Å². The van der Waals surface area contributed by atoms with Crippen molar-refractivity contribution < 1.29 is 0 Å². The Hall–Kier alpha value is -0.590. The van der Waals surface area contributed by atoms with Gasteiger partial charge >= 0.3 is 0 Å². The van der Waals surface area contributed by atoms with Gasteiger partial charge in [0.2, 0.25) is 0 Å². The topological polar surface area (TPSA) is 39.1 Å². The molecule has 2 fully saturated rings. The Balaban J connectivity index is 1.68. The van der Waals surface area contributed by atoms with Crippen LogP contribution in [0.3, 0.4) is 0 Å². The summed E-state index contributed by atoms with van der Waals surface area (Å²) in [6.45, 7) is 4.29. The first-order valence-corrected chi connectivity index (χ1v) is 6.99. The Kier molecular flexibility index (Phi) is 4.06. The van der Waals surface area contributed by atoms with Crippen LogP contribution in [-0.4, -0.2) is 36.6 Å². The minimum atomic E-state index is -0.324. The monoisotopic (exact) mass is 235 g/mol. The predicted molar refractivity (Wildman–Crippen MR) is 69.6 cm³/mol. The molecule has 17 heavy (non-hydrogen) atoms. The van der Waals surface area contributed by atoms with E-state index in [0.717, 1.165) is 18.9 Å². The molecule has 0 bridgehead atoms. The minimum Gasteiger partial charge on any atom is -0.306 e. The second kappa shape index (κ2) is 5.37. The number of rotatable bonds is 7. The average molecular weight is 235 g/mol. The Morgan fingerprint density at radius 3 is 2.53 bits per heavy atom. The fourth-order valence-electron chi connectivity index (χ4n) is 2.46. The van der Waals surface area contributed by atoms with E-state index in [1.54, 1.807) is 0 Å². The Morgan fingerprint density at radius 2 is 2.06 bits per heavy atom. The van der Waals surface area contributed by atoms with Crippen LogP contribution in [0.25, 0.3) is 0 Å². The zero-order valence-corrected chi connectivity index (χ0v) is 11.2. The van der Waals surface area contributed by atoms with E-state index in [-0.39, 0.29) is 5.54 Å². The molecule has 0 saturated heterocycles. The molecule has 0 aliphatic heterocycles. The summed E-state index contributed by atoms with van der Waals surface area (Å²) in [5.41, 5.74) is -0.324. The lowest BCUT2D eigenvalue weighted by molar-refractivity contribution is 0.194. The van der Waals surface area contributed by atoms with Crippen LogP contribution in [0.4, 0.5) is 0 Å². The molecule has 2 saturated carbocycles. The van der Waals surface area contributed by atoms with Crippen LogP contribution in [0.2, 0.25) is 0 Å². The molecule has 96 valence electrons. The summed E-state index contributed by atoms with van der Waals surface area (Å²) in [6.07, 6.45) is 7.64. The van der Waals surface area contributed by atoms with Crippen molar-refractivity contribution in [1.29, 1.82) is 5.26 Å². The van der Waals surface area contributed by atoms with Crippen LogP contribution < -0.4 is 5.32 Å². The summed E-state index contributed by atoms with van der Waals surface area (Å²) in [4.78, 5) is 2.40. The normalized spacial score (nSPS) is 24.1. The molecule has 2 aliphatic rings. The minimum absolute atomic E-state index is 0.324. The van der Waals surface area contributed by atoms with Crippen LogP contribution >= 0.6 is 0 Å². The van der Waals surface area contributed by atoms with Crippen LogP contribution in [0.5, 0.6) is 0 Å². The van der Waals surface area contributed by atoms with Crippen LogP contribution in [0, 0.1) is 17.2 Å². The Labute approximate surface area is 105 Å². The van der Waals surface area contributed by atoms with E-state index in [0.29, 0.717) is 6.04 Å². The lowest BCUT2D eigenvalue weighted by atomic mass is 9.85. The number of nitrogens with one attached hydrogen (secondary N) is 1. The second-order valence-electron chi connectivity index (χ2n) is 6.17. The summed E-state index contributed by atoms with van der Waals surface area (Å²) >= 11 is 0. The van der Waals surface area contributed by atoms with Gasteiger partial charge in [-0.1, -0.05) is 6.42 Å². The van der Waals surface area contributed by atoms with Crippen molar-refractivity contribution in [2.75, 3.05) is 20.1 Å². The molecule has 0 aromatic carbocycles. The molecule has 1 N–H and O–H groups in total. The Bertz CT molecular complexity index is 288. The fraction of sp³-hybridized carbons (Fsp3) is 0.929. The number of nitriles is 1. The fourth-order valence-corrected chi connectivity index (χ4v) is 2.46.